The quantitative estimate of drug-likeness (QED) is 0.427. The molecule has 0 bridgehead atoms. The fourth-order valence-electron chi connectivity index (χ4n) is 2.12. The van der Waals surface area contributed by atoms with Gasteiger partial charge in [-0.25, -0.2) is 4.39 Å². The maximum Gasteiger partial charge on any atom is 0.193 e. The summed E-state index contributed by atoms with van der Waals surface area (Å²) in [5.74, 6) is 2.80. The van der Waals surface area contributed by atoms with Crippen LogP contribution < -0.4 is 20.5 Å². The minimum Gasteiger partial charge on any atom is -0.497 e. The third kappa shape index (κ3) is 5.86. The van der Waals surface area contributed by atoms with Gasteiger partial charge in [0.2, 0.25) is 0 Å². The summed E-state index contributed by atoms with van der Waals surface area (Å²) < 4.78 is 24.0. The van der Waals surface area contributed by atoms with Crippen LogP contribution in [0, 0.1) is 5.82 Å². The van der Waals surface area contributed by atoms with Crippen molar-refractivity contribution in [1.82, 2.24) is 0 Å². The number of nitrogens with two attached hydrogens (primary N) is 1. The van der Waals surface area contributed by atoms with E-state index in [2.05, 4.69) is 10.3 Å². The van der Waals surface area contributed by atoms with Crippen LogP contribution in [0.5, 0.6) is 11.5 Å². The molecule has 0 spiro atoms. The van der Waals surface area contributed by atoms with Crippen LogP contribution in [0.2, 0.25) is 0 Å². The van der Waals surface area contributed by atoms with Crippen LogP contribution in [0.25, 0.3) is 0 Å². The first kappa shape index (κ1) is 18.9. The van der Waals surface area contributed by atoms with E-state index >= 15 is 0 Å². The molecule has 0 saturated heterocycles. The van der Waals surface area contributed by atoms with E-state index in [0.717, 1.165) is 5.75 Å². The lowest BCUT2D eigenvalue weighted by molar-refractivity contribution is 0.405. The van der Waals surface area contributed by atoms with Gasteiger partial charge < -0.3 is 20.5 Å². The Hall–Kier alpha value is -2.41. The molecule has 2 aromatic rings. The molecule has 5 nitrogen and oxygen atoms in total. The Morgan fingerprint density at radius 2 is 2.00 bits per heavy atom. The van der Waals surface area contributed by atoms with Crippen LogP contribution in [0.4, 0.5) is 10.1 Å². The number of nitrogens with zero attached hydrogens (tertiary/aromatic N) is 1. The van der Waals surface area contributed by atoms with Crippen molar-refractivity contribution in [3.8, 4) is 11.5 Å². The molecule has 0 aliphatic rings. The van der Waals surface area contributed by atoms with Gasteiger partial charge >= 0.3 is 0 Å². The molecule has 0 aromatic heterocycles. The second-order valence-corrected chi connectivity index (χ2v) is 6.21. The highest BCUT2D eigenvalue weighted by atomic mass is 32.2. The minimum atomic E-state index is -0.176. The fourth-order valence-corrected chi connectivity index (χ4v) is 2.94. The van der Waals surface area contributed by atoms with Gasteiger partial charge in [-0.15, -0.1) is 0 Å². The maximum atomic E-state index is 13.5. The summed E-state index contributed by atoms with van der Waals surface area (Å²) in [7, 11) is 3.18. The number of halogens is 1. The number of ether oxygens (including phenoxy) is 2. The number of benzene rings is 2. The van der Waals surface area contributed by atoms with Crippen molar-refractivity contribution in [3.05, 3.63) is 53.8 Å². The largest absolute Gasteiger partial charge is 0.497 e. The molecular formula is C18H22FN3O2S. The topological polar surface area (TPSA) is 68.9 Å². The molecule has 0 aliphatic carbocycles. The van der Waals surface area contributed by atoms with E-state index in [1.807, 2.05) is 6.07 Å². The molecule has 0 aliphatic heterocycles. The molecule has 0 amide bonds. The minimum absolute atomic E-state index is 0.176. The SMILES string of the molecule is COc1ccc(OC)c(NC(N)=NCCSCc2ccccc2F)c1. The van der Waals surface area contributed by atoms with E-state index in [9.17, 15) is 4.39 Å². The monoisotopic (exact) mass is 363 g/mol. The Bertz CT molecular complexity index is 725. The van der Waals surface area contributed by atoms with Crippen molar-refractivity contribution in [2.75, 3.05) is 31.8 Å². The summed E-state index contributed by atoms with van der Waals surface area (Å²) in [5.41, 5.74) is 7.29. The van der Waals surface area contributed by atoms with Crippen molar-refractivity contribution in [3.63, 3.8) is 0 Å². The summed E-state index contributed by atoms with van der Waals surface area (Å²) >= 11 is 1.61. The van der Waals surface area contributed by atoms with Crippen molar-refractivity contribution in [1.29, 1.82) is 0 Å². The van der Waals surface area contributed by atoms with Crippen molar-refractivity contribution in [2.24, 2.45) is 10.7 Å². The zero-order valence-corrected chi connectivity index (χ0v) is 15.1. The van der Waals surface area contributed by atoms with Crippen LogP contribution in [0.15, 0.2) is 47.5 Å². The predicted octanol–water partition coefficient (Wildman–Crippen LogP) is 3.50. The number of nitrogens with one attached hydrogen (secondary N) is 1. The molecule has 2 rings (SSSR count). The average Bonchev–Trinajstić information content (AvgIpc) is 2.62. The van der Waals surface area contributed by atoms with E-state index in [4.69, 9.17) is 15.2 Å². The molecule has 0 radical (unpaired) electrons. The number of aliphatic imine (C=N–C) groups is 1. The van der Waals surface area contributed by atoms with Crippen LogP contribution in [0.1, 0.15) is 5.56 Å². The number of thioether (sulfide) groups is 1. The molecular weight excluding hydrogens is 341 g/mol. The number of guanidine groups is 1. The lowest BCUT2D eigenvalue weighted by Gasteiger charge is -2.12. The third-order valence-electron chi connectivity index (χ3n) is 3.40. The zero-order chi connectivity index (χ0) is 18.1. The van der Waals surface area contributed by atoms with E-state index in [0.29, 0.717) is 35.0 Å². The summed E-state index contributed by atoms with van der Waals surface area (Å²) in [5, 5.41) is 3.01. The lowest BCUT2D eigenvalue weighted by atomic mass is 10.2. The Morgan fingerprint density at radius 3 is 2.72 bits per heavy atom. The van der Waals surface area contributed by atoms with Gasteiger partial charge in [0.1, 0.15) is 17.3 Å². The second kappa shape index (κ2) is 9.78. The Kier molecular flexibility index (Phi) is 7.40. The first-order valence-electron chi connectivity index (χ1n) is 7.74. The average molecular weight is 363 g/mol. The van der Waals surface area contributed by atoms with Crippen molar-refractivity contribution in [2.45, 2.75) is 5.75 Å². The van der Waals surface area contributed by atoms with Crippen LogP contribution in [-0.2, 0) is 5.75 Å². The number of hydrogen-bond acceptors (Lipinski definition) is 4. The highest BCUT2D eigenvalue weighted by molar-refractivity contribution is 7.98. The van der Waals surface area contributed by atoms with Crippen molar-refractivity contribution < 1.29 is 13.9 Å². The first-order chi connectivity index (χ1) is 12.1. The predicted molar refractivity (Wildman–Crippen MR) is 102 cm³/mol. The fraction of sp³-hybridized carbons (Fsp3) is 0.278. The summed E-state index contributed by atoms with van der Waals surface area (Å²) in [6.07, 6.45) is 0. The molecule has 3 N–H and O–H groups in total. The van der Waals surface area contributed by atoms with Crippen LogP contribution in [-0.4, -0.2) is 32.5 Å². The van der Waals surface area contributed by atoms with E-state index < -0.39 is 0 Å². The highest BCUT2D eigenvalue weighted by Crippen LogP contribution is 2.28. The van der Waals surface area contributed by atoms with Gasteiger partial charge in [-0.05, 0) is 23.8 Å². The molecule has 0 unspecified atom stereocenters. The Morgan fingerprint density at radius 1 is 1.20 bits per heavy atom. The first-order valence-corrected chi connectivity index (χ1v) is 8.89. The number of hydrogen-bond donors (Lipinski definition) is 2. The summed E-state index contributed by atoms with van der Waals surface area (Å²) in [6, 6.07) is 12.2. The molecule has 0 atom stereocenters. The smallest absolute Gasteiger partial charge is 0.193 e. The Balaban J connectivity index is 1.83. The maximum absolute atomic E-state index is 13.5. The number of rotatable bonds is 8. The standard InChI is InChI=1S/C18H22FN3O2S/c1-23-14-7-8-17(24-2)16(11-14)22-18(20)21-9-10-25-12-13-5-3-4-6-15(13)19/h3-8,11H,9-10,12H2,1-2H3,(H3,20,21,22). The van der Waals surface area contributed by atoms with Gasteiger partial charge in [0.25, 0.3) is 0 Å². The summed E-state index contributed by atoms with van der Waals surface area (Å²) in [4.78, 5) is 4.28. The van der Waals surface area contributed by atoms with E-state index in [-0.39, 0.29) is 11.8 Å². The number of anilines is 1. The normalized spacial score (nSPS) is 11.2. The highest BCUT2D eigenvalue weighted by Gasteiger charge is 2.06. The molecule has 0 fully saturated rings. The second-order valence-electron chi connectivity index (χ2n) is 5.10. The van der Waals surface area contributed by atoms with Crippen LogP contribution in [0.3, 0.4) is 0 Å². The molecule has 2 aromatic carbocycles. The zero-order valence-electron chi connectivity index (χ0n) is 14.3. The van der Waals surface area contributed by atoms with Gasteiger partial charge in [0, 0.05) is 17.6 Å². The van der Waals surface area contributed by atoms with Gasteiger partial charge in [-0.1, -0.05) is 18.2 Å². The molecule has 0 saturated carbocycles. The molecule has 7 heteroatoms. The third-order valence-corrected chi connectivity index (χ3v) is 4.39. The van der Waals surface area contributed by atoms with E-state index in [1.54, 1.807) is 56.3 Å². The van der Waals surface area contributed by atoms with Gasteiger partial charge in [-0.2, -0.15) is 11.8 Å². The Labute approximate surface area is 151 Å². The van der Waals surface area contributed by atoms with Gasteiger partial charge in [0.05, 0.1) is 26.5 Å². The molecule has 134 valence electrons. The van der Waals surface area contributed by atoms with Crippen molar-refractivity contribution >= 4 is 23.4 Å². The van der Waals surface area contributed by atoms with Crippen LogP contribution >= 0.6 is 11.8 Å². The number of methoxy groups -OCH3 is 2. The van der Waals surface area contributed by atoms with Gasteiger partial charge in [-0.3, -0.25) is 4.99 Å². The lowest BCUT2D eigenvalue weighted by Crippen LogP contribution is -2.23. The van der Waals surface area contributed by atoms with Gasteiger partial charge in [0.15, 0.2) is 5.96 Å². The summed E-state index contributed by atoms with van der Waals surface area (Å²) in [6.45, 7) is 0.532. The molecule has 25 heavy (non-hydrogen) atoms. The molecule has 0 heterocycles. The van der Waals surface area contributed by atoms with E-state index in [1.165, 1.54) is 6.07 Å².